The minimum absolute atomic E-state index is 0.0656. The first kappa shape index (κ1) is 9.97. The standard InChI is InChI=1S/C7H11NO3/c1-5(8)7(11)6(4-10)2-3-9/h3-6H,2,8H2,1H3. The van der Waals surface area contributed by atoms with Gasteiger partial charge in [-0.2, -0.15) is 0 Å². The van der Waals surface area contributed by atoms with Crippen molar-refractivity contribution in [1.82, 2.24) is 0 Å². The quantitative estimate of drug-likeness (QED) is 0.423. The van der Waals surface area contributed by atoms with E-state index in [1.807, 2.05) is 0 Å². The van der Waals surface area contributed by atoms with Gasteiger partial charge in [0.2, 0.25) is 0 Å². The van der Waals surface area contributed by atoms with E-state index in [4.69, 9.17) is 5.73 Å². The highest BCUT2D eigenvalue weighted by molar-refractivity contribution is 5.97. The van der Waals surface area contributed by atoms with Crippen molar-refractivity contribution in [1.29, 1.82) is 0 Å². The minimum Gasteiger partial charge on any atom is -0.322 e. The van der Waals surface area contributed by atoms with Crippen LogP contribution < -0.4 is 5.73 Å². The molecule has 0 bridgehead atoms. The van der Waals surface area contributed by atoms with Crippen molar-refractivity contribution < 1.29 is 14.4 Å². The van der Waals surface area contributed by atoms with Crippen LogP contribution >= 0.6 is 0 Å². The Morgan fingerprint density at radius 2 is 2.09 bits per heavy atom. The minimum atomic E-state index is -0.854. The van der Waals surface area contributed by atoms with Crippen LogP contribution in [0, 0.1) is 5.92 Å². The normalized spacial score (nSPS) is 15.1. The van der Waals surface area contributed by atoms with Crippen LogP contribution in [0.15, 0.2) is 0 Å². The predicted molar refractivity (Wildman–Crippen MR) is 38.9 cm³/mol. The van der Waals surface area contributed by atoms with E-state index in [2.05, 4.69) is 0 Å². The maximum atomic E-state index is 10.9. The molecular formula is C7H11NO3. The van der Waals surface area contributed by atoms with Gasteiger partial charge < -0.3 is 15.3 Å². The van der Waals surface area contributed by atoms with Crippen molar-refractivity contribution in [3.05, 3.63) is 0 Å². The van der Waals surface area contributed by atoms with E-state index in [1.54, 1.807) is 0 Å². The summed E-state index contributed by atoms with van der Waals surface area (Å²) in [6, 6.07) is -0.676. The van der Waals surface area contributed by atoms with Crippen LogP contribution in [0.4, 0.5) is 0 Å². The van der Waals surface area contributed by atoms with E-state index >= 15 is 0 Å². The molecule has 0 aromatic carbocycles. The molecule has 0 saturated carbocycles. The molecule has 62 valence electrons. The Morgan fingerprint density at radius 3 is 2.36 bits per heavy atom. The fraction of sp³-hybridized carbons (Fsp3) is 0.571. The van der Waals surface area contributed by atoms with Crippen molar-refractivity contribution in [2.45, 2.75) is 19.4 Å². The summed E-state index contributed by atoms with van der Waals surface area (Å²) in [7, 11) is 0. The Labute approximate surface area is 64.8 Å². The molecule has 0 heterocycles. The van der Waals surface area contributed by atoms with Gasteiger partial charge in [-0.05, 0) is 6.92 Å². The molecule has 4 nitrogen and oxygen atoms in total. The van der Waals surface area contributed by atoms with Crippen LogP contribution in [0.2, 0.25) is 0 Å². The Kier molecular flexibility index (Phi) is 4.29. The first-order chi connectivity index (χ1) is 5.13. The van der Waals surface area contributed by atoms with E-state index in [9.17, 15) is 14.4 Å². The molecule has 0 rings (SSSR count). The van der Waals surface area contributed by atoms with Gasteiger partial charge in [0.05, 0.1) is 12.0 Å². The van der Waals surface area contributed by atoms with Crippen LogP contribution in [-0.2, 0) is 14.4 Å². The summed E-state index contributed by atoms with van der Waals surface area (Å²) in [5, 5.41) is 0. The maximum absolute atomic E-state index is 10.9. The second kappa shape index (κ2) is 4.73. The third-order valence-electron chi connectivity index (χ3n) is 1.33. The van der Waals surface area contributed by atoms with E-state index in [0.717, 1.165) is 0 Å². The number of hydrogen-bond acceptors (Lipinski definition) is 4. The first-order valence-electron chi connectivity index (χ1n) is 3.31. The van der Waals surface area contributed by atoms with E-state index in [-0.39, 0.29) is 12.2 Å². The van der Waals surface area contributed by atoms with Gasteiger partial charge in [0.15, 0.2) is 5.78 Å². The first-order valence-corrected chi connectivity index (χ1v) is 3.31. The molecule has 11 heavy (non-hydrogen) atoms. The molecule has 0 saturated heterocycles. The lowest BCUT2D eigenvalue weighted by atomic mass is 9.98. The Bertz CT molecular complexity index is 165. The molecule has 0 aliphatic heterocycles. The van der Waals surface area contributed by atoms with Gasteiger partial charge in [-0.1, -0.05) is 0 Å². The zero-order valence-electron chi connectivity index (χ0n) is 6.32. The van der Waals surface area contributed by atoms with Gasteiger partial charge in [0.25, 0.3) is 0 Å². The summed E-state index contributed by atoms with van der Waals surface area (Å²) in [5.74, 6) is -1.24. The lowest BCUT2D eigenvalue weighted by molar-refractivity contribution is -0.130. The zero-order valence-corrected chi connectivity index (χ0v) is 6.32. The summed E-state index contributed by atoms with van der Waals surface area (Å²) < 4.78 is 0. The van der Waals surface area contributed by atoms with Crippen LogP contribution in [-0.4, -0.2) is 24.4 Å². The van der Waals surface area contributed by atoms with Crippen LogP contribution in [0.3, 0.4) is 0 Å². The van der Waals surface area contributed by atoms with Crippen LogP contribution in [0.5, 0.6) is 0 Å². The smallest absolute Gasteiger partial charge is 0.159 e. The molecular weight excluding hydrogens is 146 g/mol. The van der Waals surface area contributed by atoms with Crippen molar-refractivity contribution >= 4 is 18.4 Å². The monoisotopic (exact) mass is 157 g/mol. The average Bonchev–Trinajstić information content (AvgIpc) is 1.98. The van der Waals surface area contributed by atoms with E-state index in [0.29, 0.717) is 12.6 Å². The lowest BCUT2D eigenvalue weighted by Crippen LogP contribution is -2.33. The number of ketones is 1. The van der Waals surface area contributed by atoms with Gasteiger partial charge in [-0.3, -0.25) is 4.79 Å². The lowest BCUT2D eigenvalue weighted by Gasteiger charge is -2.07. The molecule has 0 aliphatic rings. The van der Waals surface area contributed by atoms with Gasteiger partial charge >= 0.3 is 0 Å². The fourth-order valence-corrected chi connectivity index (χ4v) is 0.680. The fourth-order valence-electron chi connectivity index (χ4n) is 0.680. The van der Waals surface area contributed by atoms with Crippen LogP contribution in [0.1, 0.15) is 13.3 Å². The van der Waals surface area contributed by atoms with Gasteiger partial charge in [0.1, 0.15) is 12.6 Å². The second-order valence-corrected chi connectivity index (χ2v) is 2.34. The average molecular weight is 157 g/mol. The Balaban J connectivity index is 4.13. The summed E-state index contributed by atoms with van der Waals surface area (Å²) in [6.45, 7) is 1.49. The third kappa shape index (κ3) is 3.04. The molecule has 0 spiro atoms. The Morgan fingerprint density at radius 1 is 1.55 bits per heavy atom. The number of hydrogen-bond donors (Lipinski definition) is 1. The van der Waals surface area contributed by atoms with E-state index < -0.39 is 12.0 Å². The highest BCUT2D eigenvalue weighted by atomic mass is 16.1. The SMILES string of the molecule is CC(N)C(=O)C(C=O)CC=O. The molecule has 0 aromatic rings. The van der Waals surface area contributed by atoms with Crippen LogP contribution in [0.25, 0.3) is 0 Å². The molecule has 2 unspecified atom stereocenters. The summed E-state index contributed by atoms with van der Waals surface area (Å²) >= 11 is 0. The Hall–Kier alpha value is -1.03. The van der Waals surface area contributed by atoms with Gasteiger partial charge in [-0.15, -0.1) is 0 Å². The molecule has 4 heteroatoms. The predicted octanol–water partition coefficient (Wildman–Crippen LogP) is -0.693. The van der Waals surface area contributed by atoms with Crippen molar-refractivity contribution in [2.24, 2.45) is 11.7 Å². The third-order valence-corrected chi connectivity index (χ3v) is 1.33. The summed E-state index contributed by atoms with van der Waals surface area (Å²) in [6.07, 6.45) is 0.934. The second-order valence-electron chi connectivity index (χ2n) is 2.34. The van der Waals surface area contributed by atoms with Gasteiger partial charge in [-0.25, -0.2) is 0 Å². The zero-order chi connectivity index (χ0) is 8.85. The summed E-state index contributed by atoms with van der Waals surface area (Å²) in [4.78, 5) is 31.1. The highest BCUT2D eigenvalue weighted by Gasteiger charge is 2.19. The summed E-state index contributed by atoms with van der Waals surface area (Å²) in [5.41, 5.74) is 5.22. The topological polar surface area (TPSA) is 77.2 Å². The molecule has 0 amide bonds. The molecule has 2 N–H and O–H groups in total. The molecule has 2 atom stereocenters. The number of carbonyl (C=O) groups excluding carboxylic acids is 3. The largest absolute Gasteiger partial charge is 0.322 e. The van der Waals surface area contributed by atoms with Gasteiger partial charge in [0, 0.05) is 6.42 Å². The van der Waals surface area contributed by atoms with E-state index in [1.165, 1.54) is 6.92 Å². The van der Waals surface area contributed by atoms with Crippen molar-refractivity contribution in [3.63, 3.8) is 0 Å². The number of carbonyl (C=O) groups is 3. The number of nitrogens with two attached hydrogens (primary N) is 1. The molecule has 0 aliphatic carbocycles. The number of aldehydes is 2. The number of rotatable bonds is 5. The van der Waals surface area contributed by atoms with Crippen molar-refractivity contribution in [2.75, 3.05) is 0 Å². The molecule has 0 radical (unpaired) electrons. The number of Topliss-reactive ketones (excluding diaryl/α,β-unsaturated/α-hetero) is 1. The molecule has 0 aromatic heterocycles. The van der Waals surface area contributed by atoms with Crippen molar-refractivity contribution in [3.8, 4) is 0 Å². The maximum Gasteiger partial charge on any atom is 0.159 e. The molecule has 0 fully saturated rings. The highest BCUT2D eigenvalue weighted by Crippen LogP contribution is 2.00.